The van der Waals surface area contributed by atoms with Crippen LogP contribution in [0.1, 0.15) is 18.9 Å². The van der Waals surface area contributed by atoms with Crippen LogP contribution in [-0.2, 0) is 16.6 Å². The second-order valence-electron chi connectivity index (χ2n) is 3.54. The molecule has 0 bridgehead atoms. The average Bonchev–Trinajstić information content (AvgIpc) is 2.27. The Hall–Kier alpha value is -0.910. The zero-order valence-corrected chi connectivity index (χ0v) is 10.5. The summed E-state index contributed by atoms with van der Waals surface area (Å²) >= 11 is 0. The maximum atomic E-state index is 11.9. The first-order valence-corrected chi connectivity index (χ1v) is 6.82. The van der Waals surface area contributed by atoms with Crippen molar-refractivity contribution in [3.8, 4) is 0 Å². The number of benzene rings is 1. The fourth-order valence-electron chi connectivity index (χ4n) is 1.42. The van der Waals surface area contributed by atoms with Crippen LogP contribution in [0.3, 0.4) is 0 Å². The molecule has 0 radical (unpaired) electrons. The zero-order valence-electron chi connectivity index (χ0n) is 9.66. The maximum absolute atomic E-state index is 11.9. The number of rotatable bonds is 6. The molecule has 0 heterocycles. The molecule has 0 saturated carbocycles. The van der Waals surface area contributed by atoms with E-state index in [1.807, 2.05) is 19.1 Å². The summed E-state index contributed by atoms with van der Waals surface area (Å²) in [6.07, 6.45) is 0.785. The summed E-state index contributed by atoms with van der Waals surface area (Å²) in [7, 11) is -1.57. The number of sulfonamides is 1. The molecular weight excluding hydrogens is 224 g/mol. The van der Waals surface area contributed by atoms with Gasteiger partial charge in [-0.25, -0.2) is 13.1 Å². The Morgan fingerprint density at radius 3 is 2.56 bits per heavy atom. The van der Waals surface area contributed by atoms with E-state index >= 15 is 0 Å². The highest BCUT2D eigenvalue weighted by atomic mass is 32.2. The summed E-state index contributed by atoms with van der Waals surface area (Å²) in [6, 6.07) is 7.02. The molecule has 90 valence electrons. The van der Waals surface area contributed by atoms with Gasteiger partial charge in [-0.2, -0.15) is 0 Å². The van der Waals surface area contributed by atoms with Crippen molar-refractivity contribution >= 4 is 10.0 Å². The van der Waals surface area contributed by atoms with Crippen molar-refractivity contribution < 1.29 is 8.42 Å². The van der Waals surface area contributed by atoms with Gasteiger partial charge in [-0.3, -0.25) is 0 Å². The molecule has 1 aromatic carbocycles. The van der Waals surface area contributed by atoms with Gasteiger partial charge < -0.3 is 5.32 Å². The van der Waals surface area contributed by atoms with Crippen LogP contribution in [0.25, 0.3) is 0 Å². The van der Waals surface area contributed by atoms with Gasteiger partial charge in [0.1, 0.15) is 0 Å². The molecule has 0 aromatic heterocycles. The largest absolute Gasteiger partial charge is 0.316 e. The van der Waals surface area contributed by atoms with E-state index in [4.69, 9.17) is 0 Å². The van der Waals surface area contributed by atoms with Gasteiger partial charge in [-0.15, -0.1) is 0 Å². The first kappa shape index (κ1) is 13.2. The fraction of sp³-hybridized carbons (Fsp3) is 0.455. The highest BCUT2D eigenvalue weighted by Crippen LogP contribution is 2.14. The third-order valence-electron chi connectivity index (χ3n) is 2.17. The van der Waals surface area contributed by atoms with Crippen LogP contribution in [0.15, 0.2) is 29.2 Å². The molecule has 0 aliphatic heterocycles. The van der Waals surface area contributed by atoms with E-state index < -0.39 is 10.0 Å². The molecule has 16 heavy (non-hydrogen) atoms. The van der Waals surface area contributed by atoms with Gasteiger partial charge in [0.25, 0.3) is 0 Å². The summed E-state index contributed by atoms with van der Waals surface area (Å²) in [5.74, 6) is 0. The van der Waals surface area contributed by atoms with E-state index in [9.17, 15) is 8.42 Å². The van der Waals surface area contributed by atoms with Gasteiger partial charge in [0.2, 0.25) is 10.0 Å². The molecule has 0 unspecified atom stereocenters. The van der Waals surface area contributed by atoms with E-state index in [0.717, 1.165) is 12.0 Å². The lowest BCUT2D eigenvalue weighted by Crippen LogP contribution is -2.26. The normalized spacial score (nSPS) is 11.6. The van der Waals surface area contributed by atoms with E-state index in [1.165, 1.54) is 0 Å². The molecule has 5 heteroatoms. The molecule has 0 aliphatic carbocycles. The minimum Gasteiger partial charge on any atom is -0.316 e. The first-order valence-electron chi connectivity index (χ1n) is 5.34. The topological polar surface area (TPSA) is 58.2 Å². The van der Waals surface area contributed by atoms with Crippen LogP contribution in [0.4, 0.5) is 0 Å². The van der Waals surface area contributed by atoms with Crippen molar-refractivity contribution in [2.24, 2.45) is 0 Å². The zero-order chi connectivity index (χ0) is 12.0. The second kappa shape index (κ2) is 5.98. The molecule has 0 saturated heterocycles. The van der Waals surface area contributed by atoms with Crippen molar-refractivity contribution in [3.05, 3.63) is 29.8 Å². The molecule has 1 rings (SSSR count). The third kappa shape index (κ3) is 3.30. The van der Waals surface area contributed by atoms with Crippen molar-refractivity contribution in [1.29, 1.82) is 0 Å². The van der Waals surface area contributed by atoms with Gasteiger partial charge >= 0.3 is 0 Å². The van der Waals surface area contributed by atoms with Crippen molar-refractivity contribution in [2.75, 3.05) is 13.6 Å². The molecule has 0 atom stereocenters. The molecule has 2 N–H and O–H groups in total. The first-order chi connectivity index (χ1) is 7.61. The number of nitrogens with one attached hydrogen (secondary N) is 2. The minimum atomic E-state index is -3.37. The molecule has 1 aromatic rings. The molecule has 0 amide bonds. The van der Waals surface area contributed by atoms with E-state index in [2.05, 4.69) is 10.0 Å². The lowest BCUT2D eigenvalue weighted by molar-refractivity contribution is 0.579. The van der Waals surface area contributed by atoms with Crippen LogP contribution < -0.4 is 10.0 Å². The lowest BCUT2D eigenvalue weighted by Gasteiger charge is -2.10. The Bertz CT molecular complexity index is 429. The van der Waals surface area contributed by atoms with Gasteiger partial charge in [-0.1, -0.05) is 25.1 Å². The van der Waals surface area contributed by atoms with E-state index in [0.29, 0.717) is 18.0 Å². The predicted molar refractivity (Wildman–Crippen MR) is 64.7 cm³/mol. The summed E-state index contributed by atoms with van der Waals surface area (Å²) in [6.45, 7) is 2.95. The van der Waals surface area contributed by atoms with Crippen LogP contribution in [0, 0.1) is 0 Å². The maximum Gasteiger partial charge on any atom is 0.240 e. The highest BCUT2D eigenvalue weighted by molar-refractivity contribution is 7.89. The monoisotopic (exact) mass is 242 g/mol. The minimum absolute atomic E-state index is 0.359. The standard InChI is InChI=1S/C11H18N2O2S/c1-3-8-13-16(14,15)11-7-5-4-6-10(11)9-12-2/h4-7,12-13H,3,8-9H2,1-2H3. The Balaban J connectivity index is 3.02. The smallest absolute Gasteiger partial charge is 0.240 e. The van der Waals surface area contributed by atoms with Gasteiger partial charge in [0.15, 0.2) is 0 Å². The van der Waals surface area contributed by atoms with Gasteiger partial charge in [0.05, 0.1) is 4.90 Å². The fourth-order valence-corrected chi connectivity index (χ4v) is 2.79. The average molecular weight is 242 g/mol. The Morgan fingerprint density at radius 1 is 1.25 bits per heavy atom. The summed E-state index contributed by atoms with van der Waals surface area (Å²) in [5.41, 5.74) is 0.786. The molecular formula is C11H18N2O2S. The summed E-state index contributed by atoms with van der Waals surface area (Å²) < 4.78 is 26.5. The van der Waals surface area contributed by atoms with Crippen molar-refractivity contribution in [3.63, 3.8) is 0 Å². The number of hydrogen-bond acceptors (Lipinski definition) is 3. The molecule has 0 aliphatic rings. The van der Waals surface area contributed by atoms with Crippen LogP contribution in [0.2, 0.25) is 0 Å². The Morgan fingerprint density at radius 2 is 1.94 bits per heavy atom. The van der Waals surface area contributed by atoms with Crippen LogP contribution >= 0.6 is 0 Å². The van der Waals surface area contributed by atoms with Crippen LogP contribution in [-0.4, -0.2) is 22.0 Å². The molecule has 0 spiro atoms. The van der Waals surface area contributed by atoms with E-state index in [1.54, 1.807) is 19.2 Å². The highest BCUT2D eigenvalue weighted by Gasteiger charge is 2.16. The van der Waals surface area contributed by atoms with Crippen molar-refractivity contribution in [2.45, 2.75) is 24.8 Å². The SMILES string of the molecule is CCCNS(=O)(=O)c1ccccc1CNC. The predicted octanol–water partition coefficient (Wildman–Crippen LogP) is 1.09. The second-order valence-corrected chi connectivity index (χ2v) is 5.27. The lowest BCUT2D eigenvalue weighted by atomic mass is 10.2. The summed E-state index contributed by atoms with van der Waals surface area (Å²) in [4.78, 5) is 0.359. The summed E-state index contributed by atoms with van der Waals surface area (Å²) in [5, 5.41) is 2.96. The van der Waals surface area contributed by atoms with Gasteiger partial charge in [0, 0.05) is 13.1 Å². The Labute approximate surface area is 97.1 Å². The van der Waals surface area contributed by atoms with Crippen LogP contribution in [0.5, 0.6) is 0 Å². The quantitative estimate of drug-likeness (QED) is 0.785. The Kier molecular flexibility index (Phi) is 4.92. The van der Waals surface area contributed by atoms with Crippen molar-refractivity contribution in [1.82, 2.24) is 10.0 Å². The molecule has 0 fully saturated rings. The molecule has 4 nitrogen and oxygen atoms in total. The van der Waals surface area contributed by atoms with E-state index in [-0.39, 0.29) is 0 Å². The number of hydrogen-bond donors (Lipinski definition) is 2. The van der Waals surface area contributed by atoms with Gasteiger partial charge in [-0.05, 0) is 25.1 Å². The third-order valence-corrected chi connectivity index (χ3v) is 3.73.